The van der Waals surface area contributed by atoms with Crippen molar-refractivity contribution in [2.75, 3.05) is 32.7 Å². The molecule has 1 aliphatic rings. The quantitative estimate of drug-likeness (QED) is 0.719. The molecule has 1 amide bonds. The Bertz CT molecular complexity index is 1070. The van der Waals surface area contributed by atoms with E-state index in [1.54, 1.807) is 32.4 Å². The van der Waals surface area contributed by atoms with Gasteiger partial charge in [-0.15, -0.1) is 0 Å². The third-order valence-electron chi connectivity index (χ3n) is 4.79. The first-order valence-corrected chi connectivity index (χ1v) is 8.54. The number of pyridine rings is 1. The van der Waals surface area contributed by atoms with Crippen LogP contribution in [-0.2, 0) is 4.79 Å². The molecule has 2 aromatic carbocycles. The molecule has 6 heteroatoms. The fraction of sp³-hybridized carbons (Fsp3) is 0.190. The number of anilines is 1. The summed E-state index contributed by atoms with van der Waals surface area (Å²) in [5, 5.41) is 2.05. The van der Waals surface area contributed by atoms with Gasteiger partial charge in [0.15, 0.2) is 11.5 Å². The number of rotatable bonds is 3. The standard InChI is InChI=1S/C21H19N3O3/c1-24-17-9-19(27-3)18(26-2)8-15(17)21(23-12-20(24)25)16-11-22-10-13-6-4-5-7-14(13)16/h4-11H,12H2,1-3H3. The van der Waals surface area contributed by atoms with Gasteiger partial charge in [-0.2, -0.15) is 0 Å². The number of nitrogens with zero attached hydrogens (tertiary/aromatic N) is 3. The number of hydrogen-bond acceptors (Lipinski definition) is 5. The normalized spacial score (nSPS) is 13.8. The summed E-state index contributed by atoms with van der Waals surface area (Å²) < 4.78 is 10.9. The Morgan fingerprint density at radius 3 is 2.52 bits per heavy atom. The topological polar surface area (TPSA) is 64.0 Å². The van der Waals surface area contributed by atoms with Crippen molar-refractivity contribution in [3.63, 3.8) is 0 Å². The number of benzodiazepines with no additional fused rings is 1. The number of benzene rings is 2. The van der Waals surface area contributed by atoms with Gasteiger partial charge in [0.25, 0.3) is 0 Å². The van der Waals surface area contributed by atoms with Gasteiger partial charge in [0, 0.05) is 42.0 Å². The lowest BCUT2D eigenvalue weighted by molar-refractivity contribution is -0.116. The molecule has 3 aromatic rings. The highest BCUT2D eigenvalue weighted by molar-refractivity contribution is 6.24. The first kappa shape index (κ1) is 17.0. The van der Waals surface area contributed by atoms with E-state index in [-0.39, 0.29) is 12.5 Å². The molecular formula is C21H19N3O3. The summed E-state index contributed by atoms with van der Waals surface area (Å²) in [5.74, 6) is 1.06. The molecule has 0 atom stereocenters. The van der Waals surface area contributed by atoms with Crippen LogP contribution < -0.4 is 14.4 Å². The lowest BCUT2D eigenvalue weighted by atomic mass is 9.97. The Hall–Kier alpha value is -3.41. The highest BCUT2D eigenvalue weighted by Crippen LogP contribution is 2.37. The van der Waals surface area contributed by atoms with Gasteiger partial charge in [0.2, 0.25) is 5.91 Å². The van der Waals surface area contributed by atoms with Gasteiger partial charge in [-0.05, 0) is 11.5 Å². The Labute approximate surface area is 157 Å². The van der Waals surface area contributed by atoms with E-state index in [9.17, 15) is 4.79 Å². The Kier molecular flexibility index (Phi) is 4.24. The second-order valence-electron chi connectivity index (χ2n) is 6.25. The molecule has 2 heterocycles. The second kappa shape index (κ2) is 6.72. The Morgan fingerprint density at radius 1 is 1.00 bits per heavy atom. The molecular weight excluding hydrogens is 342 g/mol. The van der Waals surface area contributed by atoms with Gasteiger partial charge < -0.3 is 14.4 Å². The van der Waals surface area contributed by atoms with E-state index in [1.807, 2.05) is 42.6 Å². The summed E-state index contributed by atoms with van der Waals surface area (Å²) in [6, 6.07) is 11.7. The molecule has 1 aromatic heterocycles. The number of carbonyl (C=O) groups is 1. The average Bonchev–Trinajstić information content (AvgIpc) is 2.83. The zero-order chi connectivity index (χ0) is 19.0. The van der Waals surface area contributed by atoms with E-state index < -0.39 is 0 Å². The molecule has 0 spiro atoms. The van der Waals surface area contributed by atoms with Crippen molar-refractivity contribution in [3.8, 4) is 11.5 Å². The van der Waals surface area contributed by atoms with E-state index >= 15 is 0 Å². The number of ether oxygens (including phenoxy) is 2. The largest absolute Gasteiger partial charge is 0.493 e. The van der Waals surface area contributed by atoms with Crippen LogP contribution in [0.25, 0.3) is 10.8 Å². The third-order valence-corrected chi connectivity index (χ3v) is 4.79. The second-order valence-corrected chi connectivity index (χ2v) is 6.25. The molecule has 0 radical (unpaired) electrons. The first-order valence-electron chi connectivity index (χ1n) is 8.54. The summed E-state index contributed by atoms with van der Waals surface area (Å²) in [6.45, 7) is 0.0639. The SMILES string of the molecule is COc1cc2c(cc1OC)N(C)C(=O)CN=C2c1cncc2ccccc12. The summed E-state index contributed by atoms with van der Waals surface area (Å²) in [5.41, 5.74) is 3.12. The summed E-state index contributed by atoms with van der Waals surface area (Å²) >= 11 is 0. The Morgan fingerprint density at radius 2 is 1.74 bits per heavy atom. The zero-order valence-electron chi connectivity index (χ0n) is 15.4. The molecule has 0 unspecified atom stereocenters. The molecule has 136 valence electrons. The van der Waals surface area contributed by atoms with Gasteiger partial charge in [-0.25, -0.2) is 0 Å². The monoisotopic (exact) mass is 361 g/mol. The molecule has 0 fully saturated rings. The van der Waals surface area contributed by atoms with E-state index in [0.717, 1.165) is 27.6 Å². The minimum atomic E-state index is -0.0911. The van der Waals surface area contributed by atoms with E-state index in [0.29, 0.717) is 17.2 Å². The molecule has 27 heavy (non-hydrogen) atoms. The van der Waals surface area contributed by atoms with Crippen molar-refractivity contribution in [1.82, 2.24) is 4.98 Å². The van der Waals surface area contributed by atoms with Crippen LogP contribution in [0.3, 0.4) is 0 Å². The van der Waals surface area contributed by atoms with Gasteiger partial charge in [-0.1, -0.05) is 24.3 Å². The van der Waals surface area contributed by atoms with Crippen LogP contribution in [0.1, 0.15) is 11.1 Å². The Balaban J connectivity index is 2.02. The van der Waals surface area contributed by atoms with Gasteiger partial charge in [0.05, 0.1) is 25.6 Å². The molecule has 0 saturated carbocycles. The minimum Gasteiger partial charge on any atom is -0.493 e. The molecule has 6 nitrogen and oxygen atoms in total. The smallest absolute Gasteiger partial charge is 0.248 e. The van der Waals surface area contributed by atoms with Crippen LogP contribution in [0.5, 0.6) is 11.5 Å². The van der Waals surface area contributed by atoms with Crippen LogP contribution in [0.4, 0.5) is 5.69 Å². The van der Waals surface area contributed by atoms with Gasteiger partial charge >= 0.3 is 0 Å². The zero-order valence-corrected chi connectivity index (χ0v) is 15.4. The molecule has 0 bridgehead atoms. The predicted octanol–water partition coefficient (Wildman–Crippen LogP) is 3.07. The first-order chi connectivity index (χ1) is 13.1. The van der Waals surface area contributed by atoms with Crippen LogP contribution >= 0.6 is 0 Å². The number of aromatic nitrogens is 1. The maximum atomic E-state index is 12.5. The fourth-order valence-corrected chi connectivity index (χ4v) is 3.34. The highest BCUT2D eigenvalue weighted by Gasteiger charge is 2.26. The van der Waals surface area contributed by atoms with Crippen LogP contribution in [0.15, 0.2) is 53.8 Å². The highest BCUT2D eigenvalue weighted by atomic mass is 16.5. The number of likely N-dealkylation sites (N-methyl/N-ethyl adjacent to an activating group) is 1. The number of fused-ring (bicyclic) bond motifs is 2. The summed E-state index contributed by atoms with van der Waals surface area (Å²) in [6.07, 6.45) is 3.61. The lowest BCUT2D eigenvalue weighted by Gasteiger charge is -2.20. The number of methoxy groups -OCH3 is 2. The van der Waals surface area contributed by atoms with E-state index in [4.69, 9.17) is 9.47 Å². The molecule has 4 rings (SSSR count). The number of carbonyl (C=O) groups excluding carboxylic acids is 1. The molecule has 0 saturated heterocycles. The van der Waals surface area contributed by atoms with Crippen molar-refractivity contribution in [1.29, 1.82) is 0 Å². The van der Waals surface area contributed by atoms with Crippen LogP contribution in [0, 0.1) is 0 Å². The lowest BCUT2D eigenvalue weighted by Crippen LogP contribution is -2.27. The number of amides is 1. The predicted molar refractivity (Wildman–Crippen MR) is 105 cm³/mol. The number of hydrogen-bond donors (Lipinski definition) is 0. The number of aliphatic imine (C=N–C) groups is 1. The van der Waals surface area contributed by atoms with Crippen molar-refractivity contribution >= 4 is 28.1 Å². The fourth-order valence-electron chi connectivity index (χ4n) is 3.34. The minimum absolute atomic E-state index is 0.0639. The summed E-state index contributed by atoms with van der Waals surface area (Å²) in [4.78, 5) is 23.1. The molecule has 0 aliphatic carbocycles. The maximum absolute atomic E-state index is 12.5. The van der Waals surface area contributed by atoms with Crippen molar-refractivity contribution in [3.05, 3.63) is 59.9 Å². The third kappa shape index (κ3) is 2.79. The van der Waals surface area contributed by atoms with Crippen molar-refractivity contribution in [2.45, 2.75) is 0 Å². The molecule has 1 aliphatic heterocycles. The van der Waals surface area contributed by atoms with Gasteiger partial charge in [-0.3, -0.25) is 14.8 Å². The van der Waals surface area contributed by atoms with Crippen molar-refractivity contribution in [2.24, 2.45) is 4.99 Å². The van der Waals surface area contributed by atoms with Crippen LogP contribution in [0.2, 0.25) is 0 Å². The molecule has 0 N–H and O–H groups in total. The van der Waals surface area contributed by atoms with Crippen LogP contribution in [-0.4, -0.2) is 44.4 Å². The summed E-state index contributed by atoms with van der Waals surface area (Å²) in [7, 11) is 4.91. The van der Waals surface area contributed by atoms with Gasteiger partial charge in [0.1, 0.15) is 6.54 Å². The average molecular weight is 361 g/mol. The van der Waals surface area contributed by atoms with Crippen molar-refractivity contribution < 1.29 is 14.3 Å². The van der Waals surface area contributed by atoms with E-state index in [2.05, 4.69) is 9.98 Å². The maximum Gasteiger partial charge on any atom is 0.248 e. The van der Waals surface area contributed by atoms with E-state index in [1.165, 1.54) is 0 Å².